The summed E-state index contributed by atoms with van der Waals surface area (Å²) in [4.78, 5) is 8.80. The Balaban J connectivity index is 1.50. The second-order valence-electron chi connectivity index (χ2n) is 6.26. The monoisotopic (exact) mass is 363 g/mol. The lowest BCUT2D eigenvalue weighted by Crippen LogP contribution is -2.00. The van der Waals surface area contributed by atoms with Crippen LogP contribution in [-0.2, 0) is 6.54 Å². The lowest BCUT2D eigenvalue weighted by atomic mass is 10.2. The van der Waals surface area contributed by atoms with E-state index in [-0.39, 0.29) is 0 Å². The Labute approximate surface area is 153 Å². The van der Waals surface area contributed by atoms with Gasteiger partial charge in [-0.25, -0.2) is 14.6 Å². The van der Waals surface area contributed by atoms with E-state index in [1.54, 1.807) is 17.2 Å². The first-order valence-electron chi connectivity index (χ1n) is 8.12. The zero-order chi connectivity index (χ0) is 17.7. The largest absolute Gasteiger partial charge is 0.306 e. The number of fused-ring (bicyclic) bond motifs is 2. The van der Waals surface area contributed by atoms with E-state index >= 15 is 0 Å². The molecule has 0 saturated heterocycles. The van der Waals surface area contributed by atoms with Crippen LogP contribution in [0.2, 0.25) is 5.02 Å². The fourth-order valence-corrected chi connectivity index (χ4v) is 3.31. The van der Waals surface area contributed by atoms with Crippen LogP contribution in [0.4, 0.5) is 0 Å². The number of hydrogen-bond acceptors (Lipinski definition) is 4. The molecule has 128 valence electrons. The average molecular weight is 364 g/mol. The van der Waals surface area contributed by atoms with Crippen LogP contribution >= 0.6 is 11.6 Å². The molecule has 5 aromatic heterocycles. The average Bonchev–Trinajstić information content (AvgIpc) is 3.32. The van der Waals surface area contributed by atoms with E-state index in [1.165, 1.54) is 5.56 Å². The van der Waals surface area contributed by atoms with Gasteiger partial charge in [0.2, 0.25) is 0 Å². The van der Waals surface area contributed by atoms with Gasteiger partial charge >= 0.3 is 0 Å². The molecule has 0 N–H and O–H groups in total. The molecule has 0 atom stereocenters. The molecule has 0 amide bonds. The molecule has 26 heavy (non-hydrogen) atoms. The van der Waals surface area contributed by atoms with E-state index in [1.807, 2.05) is 39.5 Å². The van der Waals surface area contributed by atoms with Gasteiger partial charge in [0.15, 0.2) is 0 Å². The number of aryl methyl sites for hydroxylation is 1. The highest BCUT2D eigenvalue weighted by Crippen LogP contribution is 2.26. The molecule has 0 aromatic carbocycles. The number of halogens is 1. The first-order chi connectivity index (χ1) is 12.7. The van der Waals surface area contributed by atoms with Crippen molar-refractivity contribution in [1.82, 2.24) is 33.8 Å². The van der Waals surface area contributed by atoms with Crippen LogP contribution in [0.25, 0.3) is 22.4 Å². The van der Waals surface area contributed by atoms with Gasteiger partial charge in [0.05, 0.1) is 41.5 Å². The minimum Gasteiger partial charge on any atom is -0.306 e. The number of imidazole rings is 2. The van der Waals surface area contributed by atoms with Crippen molar-refractivity contribution in [1.29, 1.82) is 0 Å². The third-order valence-corrected chi connectivity index (χ3v) is 4.48. The van der Waals surface area contributed by atoms with Crippen molar-refractivity contribution >= 4 is 22.8 Å². The lowest BCUT2D eigenvalue weighted by molar-refractivity contribution is 0.641. The highest BCUT2D eigenvalue weighted by Gasteiger charge is 2.11. The van der Waals surface area contributed by atoms with Gasteiger partial charge in [-0.2, -0.15) is 0 Å². The van der Waals surface area contributed by atoms with E-state index in [4.69, 9.17) is 11.6 Å². The normalized spacial score (nSPS) is 11.6. The Morgan fingerprint density at radius 2 is 2.00 bits per heavy atom. The summed E-state index contributed by atoms with van der Waals surface area (Å²) in [5.41, 5.74) is 5.61. The van der Waals surface area contributed by atoms with E-state index < -0.39 is 0 Å². The predicted molar refractivity (Wildman–Crippen MR) is 98.2 cm³/mol. The van der Waals surface area contributed by atoms with Gasteiger partial charge in [-0.1, -0.05) is 22.9 Å². The minimum absolute atomic E-state index is 0.545. The van der Waals surface area contributed by atoms with Gasteiger partial charge in [-0.15, -0.1) is 5.10 Å². The fourth-order valence-electron chi connectivity index (χ4n) is 3.10. The highest BCUT2D eigenvalue weighted by molar-refractivity contribution is 6.30. The van der Waals surface area contributed by atoms with Crippen molar-refractivity contribution in [3.8, 4) is 11.3 Å². The molecule has 0 saturated carbocycles. The maximum atomic E-state index is 6.21. The maximum Gasteiger partial charge on any atom is 0.137 e. The van der Waals surface area contributed by atoms with Gasteiger partial charge in [-0.05, 0) is 24.6 Å². The second kappa shape index (κ2) is 5.67. The fraction of sp³-hybridized carbons (Fsp3) is 0.111. The van der Waals surface area contributed by atoms with Gasteiger partial charge in [0, 0.05) is 24.2 Å². The van der Waals surface area contributed by atoms with Crippen molar-refractivity contribution in [3.63, 3.8) is 0 Å². The SMILES string of the molecule is Cc1ccc2nc(Cn3cc(-c4cc(Cl)cn5cncc45)nn3)cn2c1. The van der Waals surface area contributed by atoms with Crippen LogP contribution in [-0.4, -0.2) is 33.8 Å². The molecule has 0 spiro atoms. The highest BCUT2D eigenvalue weighted by atomic mass is 35.5. The standard InChI is InChI=1S/C18H14ClN7/c1-12-2-3-18-21-14(8-24(18)6-12)9-26-10-16(22-23-26)15-4-13(19)7-25-11-20-5-17(15)25/h2-8,10-11H,9H2,1H3. The number of aromatic nitrogens is 7. The Kier molecular flexibility index (Phi) is 3.29. The molecule has 7 nitrogen and oxygen atoms in total. The molecule has 5 aromatic rings. The molecule has 0 aliphatic heterocycles. The van der Waals surface area contributed by atoms with E-state index in [0.29, 0.717) is 11.6 Å². The van der Waals surface area contributed by atoms with E-state index in [2.05, 4.69) is 39.5 Å². The molecule has 8 heteroatoms. The molecule has 5 heterocycles. The van der Waals surface area contributed by atoms with Crippen LogP contribution in [0, 0.1) is 6.92 Å². The first kappa shape index (κ1) is 15.1. The Morgan fingerprint density at radius 1 is 1.08 bits per heavy atom. The summed E-state index contributed by atoms with van der Waals surface area (Å²) in [5, 5.41) is 9.16. The third-order valence-electron chi connectivity index (χ3n) is 4.27. The van der Waals surface area contributed by atoms with Crippen molar-refractivity contribution in [2.45, 2.75) is 13.5 Å². The predicted octanol–water partition coefficient (Wildman–Crippen LogP) is 3.25. The summed E-state index contributed by atoms with van der Waals surface area (Å²) >= 11 is 6.21. The smallest absolute Gasteiger partial charge is 0.137 e. The van der Waals surface area contributed by atoms with E-state index in [9.17, 15) is 0 Å². The van der Waals surface area contributed by atoms with E-state index in [0.717, 1.165) is 28.1 Å². The molecule has 0 bridgehead atoms. The molecule has 0 fully saturated rings. The molecule has 0 radical (unpaired) electrons. The Morgan fingerprint density at radius 3 is 2.92 bits per heavy atom. The summed E-state index contributed by atoms with van der Waals surface area (Å²) in [5.74, 6) is 0. The minimum atomic E-state index is 0.545. The summed E-state index contributed by atoms with van der Waals surface area (Å²) in [6, 6.07) is 5.93. The van der Waals surface area contributed by atoms with Crippen molar-refractivity contribution in [3.05, 3.63) is 71.8 Å². The quantitative estimate of drug-likeness (QED) is 0.493. The number of pyridine rings is 2. The number of nitrogens with zero attached hydrogens (tertiary/aromatic N) is 7. The third kappa shape index (κ3) is 2.53. The number of hydrogen-bond donors (Lipinski definition) is 0. The first-order valence-corrected chi connectivity index (χ1v) is 8.49. The summed E-state index contributed by atoms with van der Waals surface area (Å²) in [6.45, 7) is 2.61. The molecule has 0 aliphatic rings. The Bertz CT molecular complexity index is 1250. The van der Waals surface area contributed by atoms with Gasteiger partial charge in [-0.3, -0.25) is 0 Å². The summed E-state index contributed by atoms with van der Waals surface area (Å²) in [6.07, 6.45) is 11.3. The molecule has 0 aliphatic carbocycles. The summed E-state index contributed by atoms with van der Waals surface area (Å²) < 4.78 is 5.67. The van der Waals surface area contributed by atoms with Crippen LogP contribution < -0.4 is 0 Å². The van der Waals surface area contributed by atoms with Crippen LogP contribution in [0.1, 0.15) is 11.3 Å². The van der Waals surface area contributed by atoms with Crippen LogP contribution in [0.15, 0.2) is 55.5 Å². The number of rotatable bonds is 3. The van der Waals surface area contributed by atoms with Crippen LogP contribution in [0.3, 0.4) is 0 Å². The van der Waals surface area contributed by atoms with Crippen molar-refractivity contribution < 1.29 is 0 Å². The van der Waals surface area contributed by atoms with Crippen molar-refractivity contribution in [2.75, 3.05) is 0 Å². The molecule has 0 unspecified atom stereocenters. The van der Waals surface area contributed by atoms with Crippen LogP contribution in [0.5, 0.6) is 0 Å². The summed E-state index contributed by atoms with van der Waals surface area (Å²) in [7, 11) is 0. The Hall–Kier alpha value is -3.19. The second-order valence-corrected chi connectivity index (χ2v) is 6.70. The molecular formula is C18H14ClN7. The zero-order valence-electron chi connectivity index (χ0n) is 13.9. The van der Waals surface area contributed by atoms with Gasteiger partial charge in [0.25, 0.3) is 0 Å². The topological polar surface area (TPSA) is 65.3 Å². The van der Waals surface area contributed by atoms with Crippen molar-refractivity contribution in [2.24, 2.45) is 0 Å². The lowest BCUT2D eigenvalue weighted by Gasteiger charge is -2.01. The maximum absolute atomic E-state index is 6.21. The van der Waals surface area contributed by atoms with Gasteiger partial charge in [0.1, 0.15) is 11.3 Å². The zero-order valence-corrected chi connectivity index (χ0v) is 14.7. The molecular weight excluding hydrogens is 350 g/mol. The van der Waals surface area contributed by atoms with Gasteiger partial charge < -0.3 is 8.80 Å². The molecule has 5 rings (SSSR count).